The Hall–Kier alpha value is -2.89. The zero-order valence-corrected chi connectivity index (χ0v) is 14.9. The van der Waals surface area contributed by atoms with Gasteiger partial charge in [-0.1, -0.05) is 30.3 Å². The monoisotopic (exact) mass is 342 g/mol. The van der Waals surface area contributed by atoms with Gasteiger partial charge in [-0.15, -0.1) is 0 Å². The van der Waals surface area contributed by atoms with Gasteiger partial charge in [0.2, 0.25) is 5.91 Å². The average molecular weight is 342 g/mol. The van der Waals surface area contributed by atoms with Crippen LogP contribution < -0.4 is 5.43 Å². The number of aromatic nitrogens is 1. The summed E-state index contributed by atoms with van der Waals surface area (Å²) in [5, 5.41) is 0. The lowest BCUT2D eigenvalue weighted by Gasteiger charge is -2.11. The van der Waals surface area contributed by atoms with E-state index in [-0.39, 0.29) is 35.8 Å². The van der Waals surface area contributed by atoms with E-state index in [4.69, 9.17) is 4.74 Å². The maximum atomic E-state index is 12.3. The number of hydrogen-bond acceptors (Lipinski definition) is 4. The first kappa shape index (κ1) is 18.4. The third-order valence-electron chi connectivity index (χ3n) is 3.92. The summed E-state index contributed by atoms with van der Waals surface area (Å²) in [4.78, 5) is 36.6. The highest BCUT2D eigenvalue weighted by Crippen LogP contribution is 2.23. The van der Waals surface area contributed by atoms with E-state index in [1.807, 2.05) is 30.3 Å². The Balaban J connectivity index is 2.34. The lowest BCUT2D eigenvalue weighted by Crippen LogP contribution is -2.26. The van der Waals surface area contributed by atoms with E-state index >= 15 is 0 Å². The van der Waals surface area contributed by atoms with E-state index in [1.54, 1.807) is 20.8 Å². The Labute approximate surface area is 146 Å². The topological polar surface area (TPSA) is 77.4 Å². The number of nitrogens with one attached hydrogen (secondary N) is 1. The Morgan fingerprint density at radius 3 is 2.20 bits per heavy atom. The van der Waals surface area contributed by atoms with Gasteiger partial charge in [0.05, 0.1) is 29.8 Å². The summed E-state index contributed by atoms with van der Waals surface area (Å²) < 4.78 is 6.53. The van der Waals surface area contributed by atoms with Gasteiger partial charge in [0.15, 0.2) is 5.78 Å². The lowest BCUT2D eigenvalue weighted by atomic mass is 10.1. The van der Waals surface area contributed by atoms with Crippen LogP contribution in [0.25, 0.3) is 0 Å². The molecule has 1 amide bonds. The van der Waals surface area contributed by atoms with Gasteiger partial charge in [0.1, 0.15) is 0 Å². The molecular formula is C19H22N2O4. The SMILES string of the molecule is CCOC(=O)c1c(C(C)=O)c(C)n(NC(=O)Cc2ccccc2)c1C. The summed E-state index contributed by atoms with van der Waals surface area (Å²) in [5.41, 5.74) is 5.09. The number of ether oxygens (including phenoxy) is 1. The molecule has 0 spiro atoms. The Morgan fingerprint density at radius 1 is 1.04 bits per heavy atom. The van der Waals surface area contributed by atoms with Crippen molar-refractivity contribution in [1.82, 2.24) is 4.68 Å². The van der Waals surface area contributed by atoms with E-state index in [9.17, 15) is 14.4 Å². The van der Waals surface area contributed by atoms with Crippen LogP contribution in [0.1, 0.15) is 51.5 Å². The molecular weight excluding hydrogens is 320 g/mol. The first-order valence-electron chi connectivity index (χ1n) is 8.10. The second-order valence-electron chi connectivity index (χ2n) is 5.73. The molecule has 0 fully saturated rings. The number of carbonyl (C=O) groups is 3. The van der Waals surface area contributed by atoms with Crippen LogP contribution >= 0.6 is 0 Å². The highest BCUT2D eigenvalue weighted by molar-refractivity contribution is 6.07. The molecule has 2 aromatic rings. The minimum Gasteiger partial charge on any atom is -0.462 e. The standard InChI is InChI=1S/C19H22N2O4/c1-5-25-19(24)18-13(3)21(12(2)17(18)14(4)22)20-16(23)11-15-9-7-6-8-10-15/h6-10H,5,11H2,1-4H3,(H,20,23). The van der Waals surface area contributed by atoms with Crippen LogP contribution in [0.4, 0.5) is 0 Å². The second kappa shape index (κ2) is 7.79. The fraction of sp³-hybridized carbons (Fsp3) is 0.316. The highest BCUT2D eigenvalue weighted by atomic mass is 16.5. The van der Waals surface area contributed by atoms with Gasteiger partial charge in [0, 0.05) is 5.69 Å². The van der Waals surface area contributed by atoms with Crippen molar-refractivity contribution in [3.05, 3.63) is 58.4 Å². The summed E-state index contributed by atoms with van der Waals surface area (Å²) in [7, 11) is 0. The zero-order chi connectivity index (χ0) is 18.6. The molecule has 0 saturated carbocycles. The molecule has 0 unspecified atom stereocenters. The van der Waals surface area contributed by atoms with Crippen molar-refractivity contribution in [3.8, 4) is 0 Å². The van der Waals surface area contributed by atoms with E-state index < -0.39 is 5.97 Å². The number of nitrogens with zero attached hydrogens (tertiary/aromatic N) is 1. The molecule has 1 aromatic carbocycles. The molecule has 6 heteroatoms. The number of benzene rings is 1. The predicted octanol–water partition coefficient (Wildman–Crippen LogP) is 2.80. The van der Waals surface area contributed by atoms with Crippen molar-refractivity contribution in [1.29, 1.82) is 0 Å². The van der Waals surface area contributed by atoms with E-state index in [0.29, 0.717) is 11.4 Å². The molecule has 1 heterocycles. The van der Waals surface area contributed by atoms with Crippen LogP contribution in [0.5, 0.6) is 0 Å². The number of ketones is 1. The summed E-state index contributed by atoms with van der Waals surface area (Å²) in [6, 6.07) is 9.33. The van der Waals surface area contributed by atoms with Gasteiger partial charge in [0.25, 0.3) is 0 Å². The van der Waals surface area contributed by atoms with Gasteiger partial charge in [-0.2, -0.15) is 0 Å². The van der Waals surface area contributed by atoms with Gasteiger partial charge in [-0.25, -0.2) is 4.79 Å². The van der Waals surface area contributed by atoms with E-state index in [1.165, 1.54) is 11.6 Å². The smallest absolute Gasteiger partial charge is 0.340 e. The van der Waals surface area contributed by atoms with Crippen LogP contribution in [0.2, 0.25) is 0 Å². The Kier molecular flexibility index (Phi) is 5.75. The minimum atomic E-state index is -0.565. The fourth-order valence-corrected chi connectivity index (χ4v) is 2.83. The first-order chi connectivity index (χ1) is 11.9. The number of amides is 1. The lowest BCUT2D eigenvalue weighted by molar-refractivity contribution is -0.116. The van der Waals surface area contributed by atoms with Crippen LogP contribution in [0.15, 0.2) is 30.3 Å². The molecule has 0 radical (unpaired) electrons. The van der Waals surface area contributed by atoms with Crippen molar-refractivity contribution in [2.24, 2.45) is 0 Å². The van der Waals surface area contributed by atoms with Gasteiger partial charge >= 0.3 is 5.97 Å². The van der Waals surface area contributed by atoms with Crippen LogP contribution in [-0.2, 0) is 16.0 Å². The van der Waals surface area contributed by atoms with E-state index in [2.05, 4.69) is 5.43 Å². The second-order valence-corrected chi connectivity index (χ2v) is 5.73. The number of Topliss-reactive ketones (excluding diaryl/α,β-unsaturated/α-hetero) is 1. The molecule has 0 atom stereocenters. The minimum absolute atomic E-state index is 0.196. The van der Waals surface area contributed by atoms with Crippen LogP contribution in [-0.4, -0.2) is 28.9 Å². The molecule has 6 nitrogen and oxygen atoms in total. The van der Waals surface area contributed by atoms with E-state index in [0.717, 1.165) is 5.56 Å². The summed E-state index contributed by atoms with van der Waals surface area (Å²) in [6.45, 7) is 6.66. The van der Waals surface area contributed by atoms with Gasteiger partial charge < -0.3 is 4.74 Å². The maximum absolute atomic E-state index is 12.3. The molecule has 1 aromatic heterocycles. The first-order valence-corrected chi connectivity index (χ1v) is 8.10. The largest absolute Gasteiger partial charge is 0.462 e. The average Bonchev–Trinajstić information content (AvgIpc) is 2.80. The van der Waals surface area contributed by atoms with Crippen molar-refractivity contribution >= 4 is 17.7 Å². The predicted molar refractivity (Wildman–Crippen MR) is 94.4 cm³/mol. The van der Waals surface area contributed by atoms with Crippen molar-refractivity contribution in [3.63, 3.8) is 0 Å². The van der Waals surface area contributed by atoms with Crippen LogP contribution in [0, 0.1) is 13.8 Å². The highest BCUT2D eigenvalue weighted by Gasteiger charge is 2.27. The number of esters is 1. The third kappa shape index (κ3) is 3.96. The van der Waals surface area contributed by atoms with Crippen LogP contribution in [0.3, 0.4) is 0 Å². The number of carbonyl (C=O) groups excluding carboxylic acids is 3. The Bertz CT molecular complexity index is 807. The summed E-state index contributed by atoms with van der Waals surface area (Å²) >= 11 is 0. The third-order valence-corrected chi connectivity index (χ3v) is 3.92. The van der Waals surface area contributed by atoms with Gasteiger partial charge in [-0.3, -0.25) is 19.7 Å². The van der Waals surface area contributed by atoms with Crippen molar-refractivity contribution in [2.45, 2.75) is 34.1 Å². The molecule has 0 aliphatic rings. The molecule has 0 aliphatic carbocycles. The molecule has 132 valence electrons. The summed E-state index contributed by atoms with van der Waals surface area (Å²) in [6.07, 6.45) is 0.196. The molecule has 0 aliphatic heterocycles. The normalized spacial score (nSPS) is 10.4. The molecule has 0 saturated heterocycles. The molecule has 25 heavy (non-hydrogen) atoms. The molecule has 0 bridgehead atoms. The molecule has 2 rings (SSSR count). The number of hydrogen-bond donors (Lipinski definition) is 1. The zero-order valence-electron chi connectivity index (χ0n) is 14.9. The quantitative estimate of drug-likeness (QED) is 0.647. The fourth-order valence-electron chi connectivity index (χ4n) is 2.83. The van der Waals surface area contributed by atoms with Crippen molar-refractivity contribution in [2.75, 3.05) is 12.0 Å². The maximum Gasteiger partial charge on any atom is 0.340 e. The summed E-state index contributed by atoms with van der Waals surface area (Å²) in [5.74, 6) is -1.05. The van der Waals surface area contributed by atoms with Gasteiger partial charge in [-0.05, 0) is 33.3 Å². The number of rotatable bonds is 6. The molecule has 1 N–H and O–H groups in total. The van der Waals surface area contributed by atoms with Crippen molar-refractivity contribution < 1.29 is 19.1 Å². The Morgan fingerprint density at radius 2 is 1.64 bits per heavy atom.